The first kappa shape index (κ1) is 10.8. The van der Waals surface area contributed by atoms with Crippen LogP contribution in [-0.2, 0) is 0 Å². The normalized spacial score (nSPS) is 10.1. The Morgan fingerprint density at radius 1 is 1.31 bits per heavy atom. The maximum absolute atomic E-state index is 10.8. The lowest BCUT2D eigenvalue weighted by Gasteiger charge is -2.01. The van der Waals surface area contributed by atoms with E-state index in [1.165, 1.54) is 12.3 Å². The molecule has 0 radical (unpaired) electrons. The van der Waals surface area contributed by atoms with Crippen LogP contribution >= 0.6 is 15.9 Å². The zero-order valence-electron chi connectivity index (χ0n) is 8.09. The molecule has 1 N–H and O–H groups in total. The monoisotopic (exact) mass is 278 g/mol. The van der Waals surface area contributed by atoms with E-state index in [4.69, 9.17) is 5.11 Å². The van der Waals surface area contributed by atoms with Gasteiger partial charge < -0.3 is 5.11 Å². The lowest BCUT2D eigenvalue weighted by atomic mass is 10.1. The van der Waals surface area contributed by atoms with Crippen LogP contribution in [0.2, 0.25) is 0 Å². The van der Waals surface area contributed by atoms with Gasteiger partial charge in [-0.15, -0.1) is 0 Å². The number of rotatable bonds is 2. The molecule has 1 heterocycles. The second-order valence-corrected chi connectivity index (χ2v) is 4.06. The van der Waals surface area contributed by atoms with E-state index in [0.29, 0.717) is 5.69 Å². The number of halogens is 1. The minimum Gasteiger partial charge on any atom is -0.478 e. The first-order valence-electron chi connectivity index (χ1n) is 4.49. The van der Waals surface area contributed by atoms with Crippen molar-refractivity contribution in [2.45, 2.75) is 0 Å². The highest BCUT2D eigenvalue weighted by atomic mass is 79.9. The van der Waals surface area contributed by atoms with Gasteiger partial charge in [-0.2, -0.15) is 10.2 Å². The number of carboxylic acid groups (broad SMARTS) is 1. The highest BCUT2D eigenvalue weighted by Gasteiger charge is 2.07. The first-order valence-corrected chi connectivity index (χ1v) is 5.28. The van der Waals surface area contributed by atoms with E-state index < -0.39 is 5.97 Å². The van der Waals surface area contributed by atoms with Crippen molar-refractivity contribution in [2.24, 2.45) is 0 Å². The minimum atomic E-state index is -1.01. The van der Waals surface area contributed by atoms with Crippen molar-refractivity contribution >= 4 is 21.9 Å². The zero-order chi connectivity index (χ0) is 11.5. The summed E-state index contributed by atoms with van der Waals surface area (Å²) in [6.07, 6.45) is 1.23. The summed E-state index contributed by atoms with van der Waals surface area (Å²) in [5.74, 6) is -1.01. The summed E-state index contributed by atoms with van der Waals surface area (Å²) in [6, 6.07) is 8.94. The molecule has 0 bridgehead atoms. The second kappa shape index (κ2) is 4.40. The second-order valence-electron chi connectivity index (χ2n) is 3.14. The fourth-order valence-corrected chi connectivity index (χ4v) is 1.67. The highest BCUT2D eigenvalue weighted by molar-refractivity contribution is 9.10. The summed E-state index contributed by atoms with van der Waals surface area (Å²) < 4.78 is 0.910. The maximum Gasteiger partial charge on any atom is 0.337 e. The molecule has 0 amide bonds. The van der Waals surface area contributed by atoms with E-state index in [0.717, 1.165) is 10.0 Å². The van der Waals surface area contributed by atoms with Crippen LogP contribution in [0.5, 0.6) is 0 Å². The summed E-state index contributed by atoms with van der Waals surface area (Å²) in [7, 11) is 0. The Morgan fingerprint density at radius 2 is 2.12 bits per heavy atom. The molecule has 16 heavy (non-hydrogen) atoms. The van der Waals surface area contributed by atoms with Gasteiger partial charge in [-0.05, 0) is 18.2 Å². The summed E-state index contributed by atoms with van der Waals surface area (Å²) in [6.45, 7) is 0. The molecule has 0 aliphatic rings. The number of hydrogen-bond donors (Lipinski definition) is 1. The standard InChI is InChI=1S/C11H7BrN2O2/c12-9-3-1-2-7(4-9)10-5-8(11(15)16)6-13-14-10/h1-6H,(H,15,16). The predicted molar refractivity (Wildman–Crippen MR) is 62.1 cm³/mol. The number of benzene rings is 1. The van der Waals surface area contributed by atoms with Crippen molar-refractivity contribution in [2.75, 3.05) is 0 Å². The number of aromatic nitrogens is 2. The van der Waals surface area contributed by atoms with Crippen LogP contribution in [0.1, 0.15) is 10.4 Å². The fraction of sp³-hybridized carbons (Fsp3) is 0. The van der Waals surface area contributed by atoms with Gasteiger partial charge in [0, 0.05) is 10.0 Å². The van der Waals surface area contributed by atoms with E-state index in [2.05, 4.69) is 26.1 Å². The molecule has 5 heteroatoms. The molecular formula is C11H7BrN2O2. The number of carboxylic acids is 1. The van der Waals surface area contributed by atoms with E-state index >= 15 is 0 Å². The van der Waals surface area contributed by atoms with E-state index in [1.54, 1.807) is 0 Å². The number of nitrogens with zero attached hydrogens (tertiary/aromatic N) is 2. The lowest BCUT2D eigenvalue weighted by molar-refractivity contribution is 0.0696. The zero-order valence-corrected chi connectivity index (χ0v) is 9.68. The lowest BCUT2D eigenvalue weighted by Crippen LogP contribution is -1.99. The van der Waals surface area contributed by atoms with Crippen molar-refractivity contribution < 1.29 is 9.90 Å². The molecule has 2 rings (SSSR count). The molecule has 4 nitrogen and oxygen atoms in total. The van der Waals surface area contributed by atoms with Crippen molar-refractivity contribution in [3.05, 3.63) is 46.6 Å². The van der Waals surface area contributed by atoms with Gasteiger partial charge in [-0.25, -0.2) is 4.79 Å². The summed E-state index contributed by atoms with van der Waals surface area (Å²) >= 11 is 3.34. The van der Waals surface area contributed by atoms with Crippen molar-refractivity contribution in [3.8, 4) is 11.3 Å². The number of aromatic carboxylic acids is 1. The van der Waals surface area contributed by atoms with Crippen LogP contribution in [0, 0.1) is 0 Å². The molecule has 80 valence electrons. The van der Waals surface area contributed by atoms with Crippen LogP contribution in [-0.4, -0.2) is 21.3 Å². The molecule has 0 unspecified atom stereocenters. The molecule has 0 fully saturated rings. The predicted octanol–water partition coefficient (Wildman–Crippen LogP) is 2.60. The van der Waals surface area contributed by atoms with E-state index in [1.807, 2.05) is 24.3 Å². The minimum absolute atomic E-state index is 0.130. The quantitative estimate of drug-likeness (QED) is 0.917. The van der Waals surface area contributed by atoms with Gasteiger partial charge in [0.2, 0.25) is 0 Å². The highest BCUT2D eigenvalue weighted by Crippen LogP contribution is 2.21. The Morgan fingerprint density at radius 3 is 2.81 bits per heavy atom. The Labute approximate surface area is 100 Å². The average Bonchev–Trinajstić information content (AvgIpc) is 2.29. The smallest absolute Gasteiger partial charge is 0.337 e. The van der Waals surface area contributed by atoms with Crippen LogP contribution in [0.4, 0.5) is 0 Å². The Hall–Kier alpha value is -1.75. The van der Waals surface area contributed by atoms with Crippen molar-refractivity contribution in [3.63, 3.8) is 0 Å². The molecular weight excluding hydrogens is 272 g/mol. The van der Waals surface area contributed by atoms with Gasteiger partial charge in [0.1, 0.15) is 0 Å². The van der Waals surface area contributed by atoms with Gasteiger partial charge >= 0.3 is 5.97 Å². The first-order chi connectivity index (χ1) is 7.66. The van der Waals surface area contributed by atoms with Crippen LogP contribution in [0.3, 0.4) is 0 Å². The van der Waals surface area contributed by atoms with Crippen molar-refractivity contribution in [1.29, 1.82) is 0 Å². The molecule has 1 aromatic carbocycles. The molecule has 0 aliphatic heterocycles. The number of carbonyl (C=O) groups is 1. The molecule has 0 aliphatic carbocycles. The SMILES string of the molecule is O=C(O)c1cnnc(-c2cccc(Br)c2)c1. The average molecular weight is 279 g/mol. The fourth-order valence-electron chi connectivity index (χ4n) is 1.27. The summed E-state index contributed by atoms with van der Waals surface area (Å²) in [5.41, 5.74) is 1.50. The van der Waals surface area contributed by atoms with Crippen molar-refractivity contribution in [1.82, 2.24) is 10.2 Å². The largest absolute Gasteiger partial charge is 0.478 e. The molecule has 0 atom stereocenters. The van der Waals surface area contributed by atoms with Crippen LogP contribution < -0.4 is 0 Å². The third kappa shape index (κ3) is 2.25. The van der Waals surface area contributed by atoms with Crippen LogP contribution in [0.25, 0.3) is 11.3 Å². The van der Waals surface area contributed by atoms with Gasteiger partial charge in [-0.3, -0.25) is 0 Å². The van der Waals surface area contributed by atoms with E-state index in [-0.39, 0.29) is 5.56 Å². The number of hydrogen-bond acceptors (Lipinski definition) is 3. The van der Waals surface area contributed by atoms with E-state index in [9.17, 15) is 4.79 Å². The van der Waals surface area contributed by atoms with Crippen LogP contribution in [0.15, 0.2) is 41.0 Å². The van der Waals surface area contributed by atoms with Gasteiger partial charge in [0.05, 0.1) is 17.5 Å². The molecule has 1 aromatic heterocycles. The summed E-state index contributed by atoms with van der Waals surface area (Å²) in [5, 5.41) is 16.4. The third-order valence-electron chi connectivity index (χ3n) is 2.02. The Kier molecular flexibility index (Phi) is 2.96. The van der Waals surface area contributed by atoms with Gasteiger partial charge in [-0.1, -0.05) is 28.1 Å². The van der Waals surface area contributed by atoms with Gasteiger partial charge in [0.15, 0.2) is 0 Å². The maximum atomic E-state index is 10.8. The molecule has 0 spiro atoms. The Bertz CT molecular complexity index is 543. The molecule has 2 aromatic rings. The third-order valence-corrected chi connectivity index (χ3v) is 2.52. The Balaban J connectivity index is 2.48. The molecule has 0 saturated carbocycles. The summed E-state index contributed by atoms with van der Waals surface area (Å²) in [4.78, 5) is 10.8. The topological polar surface area (TPSA) is 63.1 Å². The molecule has 0 saturated heterocycles. The van der Waals surface area contributed by atoms with Gasteiger partial charge in [0.25, 0.3) is 0 Å².